The van der Waals surface area contributed by atoms with Crippen molar-refractivity contribution in [2.24, 2.45) is 5.92 Å². The maximum absolute atomic E-state index is 12.6. The maximum Gasteiger partial charge on any atom is 0.306 e. The van der Waals surface area contributed by atoms with Crippen LogP contribution >= 0.6 is 9.12 Å². The van der Waals surface area contributed by atoms with E-state index in [1.807, 2.05) is 20.8 Å². The molecule has 1 rings (SSSR count). The number of hydrogen-bond acceptors (Lipinski definition) is 3. The Morgan fingerprint density at radius 3 is 1.86 bits per heavy atom. The summed E-state index contributed by atoms with van der Waals surface area (Å²) in [6.45, 7) is 8.24. The van der Waals surface area contributed by atoms with E-state index in [9.17, 15) is 14.7 Å². The number of carboxylic acids is 1. The first-order valence-electron chi connectivity index (χ1n) is 10.9. The minimum absolute atomic E-state index is 0.188. The number of hydrogen-bond donors (Lipinski definition) is 1. The smallest absolute Gasteiger partial charge is 0.306 e. The second-order valence-corrected chi connectivity index (χ2v) is 8.03. The fourth-order valence-electron chi connectivity index (χ4n) is 3.98. The number of unbranched alkanes of at least 4 members (excludes halogenated alkanes) is 6. The van der Waals surface area contributed by atoms with Gasteiger partial charge in [-0.1, -0.05) is 69.6 Å². The van der Waals surface area contributed by atoms with Crippen LogP contribution in [0.4, 0.5) is 0 Å². The van der Waals surface area contributed by atoms with Crippen LogP contribution in [0, 0.1) is 26.7 Å². The average molecular weight is 423 g/mol. The summed E-state index contributed by atoms with van der Waals surface area (Å²) in [4.78, 5) is 24.0. The molecule has 0 aliphatic heterocycles. The lowest BCUT2D eigenvalue weighted by Crippen LogP contribution is -2.14. The molecule has 0 radical (unpaired) electrons. The molecule has 0 saturated heterocycles. The Morgan fingerprint density at radius 2 is 1.34 bits per heavy atom. The Hall–Kier alpha value is -1.54. The predicted molar refractivity (Wildman–Crippen MR) is 122 cm³/mol. The summed E-state index contributed by atoms with van der Waals surface area (Å²) in [6, 6.07) is 4.11. The molecule has 0 aliphatic carbocycles. The molecule has 0 fully saturated rings. The standard InChI is InChI=1S/C24H38O3.HOP/c1-5-6-7-8-9-10-13-21(24(26)27)14-11-12-15-22(25)23-19(3)16-18(2)17-20(23)4;1-2/h16-17,21H,5-15H2,1-4H3,(H,26,27);2H. The molecule has 4 nitrogen and oxygen atoms in total. The van der Waals surface area contributed by atoms with Gasteiger partial charge in [0.1, 0.15) is 9.12 Å². The van der Waals surface area contributed by atoms with Crippen LogP contribution in [0.2, 0.25) is 0 Å². The van der Waals surface area contributed by atoms with Crippen molar-refractivity contribution in [3.63, 3.8) is 0 Å². The molecule has 164 valence electrons. The van der Waals surface area contributed by atoms with Crippen LogP contribution in [0.1, 0.15) is 105 Å². The zero-order chi connectivity index (χ0) is 22.2. The van der Waals surface area contributed by atoms with E-state index < -0.39 is 5.97 Å². The number of benzene rings is 1. The van der Waals surface area contributed by atoms with Crippen LogP contribution in [0.15, 0.2) is 12.1 Å². The monoisotopic (exact) mass is 422 g/mol. The highest BCUT2D eigenvalue weighted by atomic mass is 31.0. The summed E-state index contributed by atoms with van der Waals surface area (Å²) >= 11 is 0. The van der Waals surface area contributed by atoms with E-state index in [-0.39, 0.29) is 11.7 Å². The van der Waals surface area contributed by atoms with Crippen LogP contribution in [-0.4, -0.2) is 16.9 Å². The van der Waals surface area contributed by atoms with E-state index >= 15 is 0 Å². The highest BCUT2D eigenvalue weighted by Crippen LogP contribution is 2.22. The van der Waals surface area contributed by atoms with Gasteiger partial charge in [-0.2, -0.15) is 0 Å². The second kappa shape index (κ2) is 16.3. The number of ketones is 1. The number of rotatable bonds is 14. The second-order valence-electron chi connectivity index (χ2n) is 8.03. The molecule has 0 aliphatic rings. The number of carbonyl (C=O) groups is 2. The Kier molecular flexibility index (Phi) is 15.4. The first-order valence-corrected chi connectivity index (χ1v) is 11.3. The summed E-state index contributed by atoms with van der Waals surface area (Å²) in [5, 5.41) is 9.43. The average Bonchev–Trinajstić information content (AvgIpc) is 2.66. The lowest BCUT2D eigenvalue weighted by atomic mass is 9.92. The molecule has 0 amide bonds. The topological polar surface area (TPSA) is 71.4 Å². The highest BCUT2D eigenvalue weighted by molar-refractivity contribution is 7.00. The Bertz CT molecular complexity index is 604. The van der Waals surface area contributed by atoms with E-state index in [2.05, 4.69) is 19.1 Å². The number of aliphatic carboxylic acids is 1. The van der Waals surface area contributed by atoms with Gasteiger partial charge in [-0.25, -0.2) is 0 Å². The summed E-state index contributed by atoms with van der Waals surface area (Å²) in [5.41, 5.74) is 4.12. The van der Waals surface area contributed by atoms with Gasteiger partial charge in [-0.3, -0.25) is 14.2 Å². The summed E-state index contributed by atoms with van der Waals surface area (Å²) < 4.78 is 8.06. The van der Waals surface area contributed by atoms with Crippen molar-refractivity contribution < 1.29 is 19.3 Å². The van der Waals surface area contributed by atoms with Crippen LogP contribution in [0.25, 0.3) is 0 Å². The van der Waals surface area contributed by atoms with Gasteiger partial charge in [0.2, 0.25) is 0 Å². The quantitative estimate of drug-likeness (QED) is 0.194. The minimum Gasteiger partial charge on any atom is -0.481 e. The summed E-state index contributed by atoms with van der Waals surface area (Å²) in [7, 11) is 1.72. The van der Waals surface area contributed by atoms with Crippen molar-refractivity contribution in [2.75, 3.05) is 0 Å². The highest BCUT2D eigenvalue weighted by Gasteiger charge is 2.17. The third-order valence-corrected chi connectivity index (χ3v) is 5.42. The number of aryl methyl sites for hydroxylation is 3. The fourth-order valence-corrected chi connectivity index (χ4v) is 3.98. The zero-order valence-electron chi connectivity index (χ0n) is 18.7. The number of carbonyl (C=O) groups excluding carboxylic acids is 1. The molecule has 1 aromatic carbocycles. The molecule has 1 aromatic rings. The van der Waals surface area contributed by atoms with Gasteiger partial charge in [0, 0.05) is 12.0 Å². The van der Waals surface area contributed by atoms with Crippen LogP contribution in [0.3, 0.4) is 0 Å². The number of carboxylic acid groups (broad SMARTS) is 1. The molecule has 0 spiro atoms. The van der Waals surface area contributed by atoms with Crippen LogP contribution in [-0.2, 0) is 9.36 Å². The predicted octanol–water partition coefficient (Wildman–Crippen LogP) is 7.28. The van der Waals surface area contributed by atoms with Crippen molar-refractivity contribution in [1.82, 2.24) is 0 Å². The summed E-state index contributed by atoms with van der Waals surface area (Å²) in [6.07, 6.45) is 10.7. The molecule has 0 bridgehead atoms. The molecular formula is C24H39O4P. The van der Waals surface area contributed by atoms with Gasteiger partial charge < -0.3 is 5.11 Å². The molecule has 1 atom stereocenters. The van der Waals surface area contributed by atoms with Crippen molar-refractivity contribution in [3.8, 4) is 0 Å². The Balaban J connectivity index is 0.00000379. The Labute approximate surface area is 179 Å². The van der Waals surface area contributed by atoms with Gasteiger partial charge in [0.15, 0.2) is 5.78 Å². The van der Waals surface area contributed by atoms with Crippen molar-refractivity contribution >= 4 is 20.9 Å². The molecule has 29 heavy (non-hydrogen) atoms. The normalized spacial score (nSPS) is 11.4. The lowest BCUT2D eigenvalue weighted by molar-refractivity contribution is -0.142. The minimum atomic E-state index is -0.680. The summed E-state index contributed by atoms with van der Waals surface area (Å²) in [5.74, 6) is -0.748. The van der Waals surface area contributed by atoms with E-state index in [0.717, 1.165) is 48.8 Å². The Morgan fingerprint density at radius 1 is 0.862 bits per heavy atom. The molecule has 0 aromatic heterocycles. The third kappa shape index (κ3) is 11.3. The lowest BCUT2D eigenvalue weighted by Gasteiger charge is -2.13. The third-order valence-electron chi connectivity index (χ3n) is 5.42. The van der Waals surface area contributed by atoms with Gasteiger partial charge in [-0.15, -0.1) is 0 Å². The first-order chi connectivity index (χ1) is 13.9. The number of Topliss-reactive ketones (excluding diaryl/α,β-unsaturated/α-hetero) is 1. The SMILES string of the molecule is CCCCCCCCC(CCCCC(=O)c1c(C)cc(C)cc1C)C(=O)O.O=P. The van der Waals surface area contributed by atoms with E-state index in [1.54, 1.807) is 9.12 Å². The van der Waals surface area contributed by atoms with Gasteiger partial charge in [-0.05, 0) is 51.2 Å². The molecular weight excluding hydrogens is 383 g/mol. The largest absolute Gasteiger partial charge is 0.481 e. The van der Waals surface area contributed by atoms with Crippen LogP contribution < -0.4 is 0 Å². The molecule has 0 heterocycles. The van der Waals surface area contributed by atoms with Gasteiger partial charge in [0.05, 0.1) is 5.92 Å². The zero-order valence-corrected chi connectivity index (χ0v) is 19.7. The van der Waals surface area contributed by atoms with E-state index in [1.165, 1.54) is 31.2 Å². The van der Waals surface area contributed by atoms with Crippen molar-refractivity contribution in [1.29, 1.82) is 0 Å². The van der Waals surface area contributed by atoms with Crippen molar-refractivity contribution in [2.45, 2.75) is 98.3 Å². The van der Waals surface area contributed by atoms with Gasteiger partial charge >= 0.3 is 5.97 Å². The van der Waals surface area contributed by atoms with Gasteiger partial charge in [0.25, 0.3) is 0 Å². The van der Waals surface area contributed by atoms with E-state index in [4.69, 9.17) is 4.57 Å². The van der Waals surface area contributed by atoms with Crippen molar-refractivity contribution in [3.05, 3.63) is 34.4 Å². The maximum atomic E-state index is 12.6. The van der Waals surface area contributed by atoms with Crippen LogP contribution in [0.5, 0.6) is 0 Å². The fraction of sp³-hybridized carbons (Fsp3) is 0.667. The molecule has 0 saturated carbocycles. The first kappa shape index (κ1) is 27.5. The molecule has 1 N–H and O–H groups in total. The van der Waals surface area contributed by atoms with E-state index in [0.29, 0.717) is 12.8 Å². The molecule has 5 heteroatoms. The molecule has 1 unspecified atom stereocenters.